The highest BCUT2D eigenvalue weighted by atomic mass is 35.5. The molecule has 3 aromatic carbocycles. The highest BCUT2D eigenvalue weighted by molar-refractivity contribution is 7.89. The molecule has 1 aliphatic heterocycles. The lowest BCUT2D eigenvalue weighted by Gasteiger charge is -2.14. The molecule has 10 heteroatoms. The van der Waals surface area contributed by atoms with E-state index in [4.69, 9.17) is 26.2 Å². The number of hydrogen-bond donors (Lipinski definition) is 1. The predicted octanol–water partition coefficient (Wildman–Crippen LogP) is 4.77. The average Bonchev–Trinajstić information content (AvgIpc) is 3.12. The molecule has 186 valence electrons. The van der Waals surface area contributed by atoms with Crippen molar-refractivity contribution >= 4 is 45.0 Å². The summed E-state index contributed by atoms with van der Waals surface area (Å²) in [7, 11) is -3.83. The van der Waals surface area contributed by atoms with Gasteiger partial charge in [-0.2, -0.15) is 10.1 Å². The molecule has 3 aromatic rings. The number of nitrogens with two attached hydrogens (primary N) is 1. The van der Waals surface area contributed by atoms with Crippen LogP contribution in [0.2, 0.25) is 5.02 Å². The highest BCUT2D eigenvalue weighted by Gasteiger charge is 2.29. The first-order chi connectivity index (χ1) is 17.2. The molecule has 0 unspecified atom stereocenters. The Hall–Kier alpha value is -3.66. The van der Waals surface area contributed by atoms with Gasteiger partial charge in [0.25, 0.3) is 5.91 Å². The molecule has 0 atom stereocenters. The molecule has 4 rings (SSSR count). The Morgan fingerprint density at radius 1 is 1.03 bits per heavy atom. The SMILES string of the molecule is CCOc1cc(/C=C2\C(=O)N(c3ccc(S(N)(=O)=O)cc3)N=C2C)ccc1OCc1ccccc1Cl. The summed E-state index contributed by atoms with van der Waals surface area (Å²) in [5.74, 6) is 0.751. The van der Waals surface area contributed by atoms with E-state index < -0.39 is 10.0 Å². The molecular weight excluding hydrogens is 502 g/mol. The predicted molar refractivity (Wildman–Crippen MR) is 140 cm³/mol. The van der Waals surface area contributed by atoms with Crippen LogP contribution in [0.15, 0.2) is 82.3 Å². The second kappa shape index (κ2) is 10.5. The van der Waals surface area contributed by atoms with Crippen molar-refractivity contribution in [2.75, 3.05) is 11.6 Å². The number of benzene rings is 3. The molecule has 0 bridgehead atoms. The van der Waals surface area contributed by atoms with Gasteiger partial charge in [-0.15, -0.1) is 0 Å². The number of hydrazone groups is 1. The number of anilines is 1. The van der Waals surface area contributed by atoms with E-state index in [1.54, 1.807) is 31.2 Å². The summed E-state index contributed by atoms with van der Waals surface area (Å²) in [6.45, 7) is 4.32. The number of halogens is 1. The fourth-order valence-electron chi connectivity index (χ4n) is 3.58. The van der Waals surface area contributed by atoms with Gasteiger partial charge in [0.2, 0.25) is 10.0 Å². The van der Waals surface area contributed by atoms with Gasteiger partial charge in [0.05, 0.1) is 28.5 Å². The second-order valence-electron chi connectivity index (χ2n) is 7.92. The minimum atomic E-state index is -3.83. The van der Waals surface area contributed by atoms with E-state index in [0.29, 0.717) is 40.1 Å². The molecule has 36 heavy (non-hydrogen) atoms. The summed E-state index contributed by atoms with van der Waals surface area (Å²) in [5.41, 5.74) is 2.93. The zero-order chi connectivity index (χ0) is 25.9. The Morgan fingerprint density at radius 3 is 2.42 bits per heavy atom. The number of ether oxygens (including phenoxy) is 2. The van der Waals surface area contributed by atoms with Gasteiger partial charge in [-0.1, -0.05) is 35.9 Å². The molecule has 1 heterocycles. The smallest absolute Gasteiger partial charge is 0.280 e. The van der Waals surface area contributed by atoms with Crippen molar-refractivity contribution in [3.63, 3.8) is 0 Å². The van der Waals surface area contributed by atoms with Crippen molar-refractivity contribution in [3.8, 4) is 11.5 Å². The number of primary sulfonamides is 1. The number of hydrogen-bond acceptors (Lipinski definition) is 6. The summed E-state index contributed by atoms with van der Waals surface area (Å²) in [6.07, 6.45) is 1.72. The van der Waals surface area contributed by atoms with Crippen LogP contribution in [0.4, 0.5) is 5.69 Å². The quantitative estimate of drug-likeness (QED) is 0.426. The number of carbonyl (C=O) groups excluding carboxylic acids is 1. The standard InChI is InChI=1S/C26H24ClN3O5S/c1-3-34-25-15-18(8-13-24(25)35-16-19-6-4-5-7-23(19)27)14-22-17(2)29-30(26(22)31)20-9-11-21(12-10-20)36(28,32)33/h4-15H,3,16H2,1-2H3,(H2,28,32,33)/b22-14-. The summed E-state index contributed by atoms with van der Waals surface area (Å²) in [5, 5.41) is 11.3. The second-order valence-corrected chi connectivity index (χ2v) is 9.89. The molecule has 8 nitrogen and oxygen atoms in total. The van der Waals surface area contributed by atoms with Crippen LogP contribution in [-0.2, 0) is 21.4 Å². The number of sulfonamides is 1. The monoisotopic (exact) mass is 525 g/mol. The van der Waals surface area contributed by atoms with Crippen LogP contribution in [0.1, 0.15) is 25.0 Å². The number of amides is 1. The fraction of sp³-hybridized carbons (Fsp3) is 0.154. The van der Waals surface area contributed by atoms with E-state index in [9.17, 15) is 13.2 Å². The number of rotatable bonds is 8. The van der Waals surface area contributed by atoms with Crippen molar-refractivity contribution in [1.29, 1.82) is 0 Å². The highest BCUT2D eigenvalue weighted by Crippen LogP contribution is 2.32. The van der Waals surface area contributed by atoms with Gasteiger partial charge < -0.3 is 9.47 Å². The molecule has 2 N–H and O–H groups in total. The maximum absolute atomic E-state index is 13.1. The molecule has 0 radical (unpaired) electrons. The molecular formula is C26H24ClN3O5S. The van der Waals surface area contributed by atoms with E-state index in [1.807, 2.05) is 31.2 Å². The largest absolute Gasteiger partial charge is 0.490 e. The van der Waals surface area contributed by atoms with Gasteiger partial charge >= 0.3 is 0 Å². The normalized spacial score (nSPS) is 14.8. The van der Waals surface area contributed by atoms with Crippen LogP contribution in [0.25, 0.3) is 6.08 Å². The molecule has 1 amide bonds. The van der Waals surface area contributed by atoms with Crippen LogP contribution in [-0.4, -0.2) is 26.6 Å². The van der Waals surface area contributed by atoms with Crippen LogP contribution in [0.3, 0.4) is 0 Å². The molecule has 0 aliphatic carbocycles. The third kappa shape index (κ3) is 5.59. The van der Waals surface area contributed by atoms with Crippen molar-refractivity contribution in [2.45, 2.75) is 25.3 Å². The molecule has 0 fully saturated rings. The number of carbonyl (C=O) groups is 1. The molecule has 0 spiro atoms. The summed E-state index contributed by atoms with van der Waals surface area (Å²) >= 11 is 6.22. The third-order valence-corrected chi connectivity index (χ3v) is 6.69. The maximum Gasteiger partial charge on any atom is 0.280 e. The summed E-state index contributed by atoms with van der Waals surface area (Å²) in [4.78, 5) is 13.1. The Labute approximate surface area is 214 Å². The molecule has 0 saturated carbocycles. The van der Waals surface area contributed by atoms with Crippen LogP contribution < -0.4 is 19.6 Å². The zero-order valence-corrected chi connectivity index (χ0v) is 21.2. The lowest BCUT2D eigenvalue weighted by molar-refractivity contribution is -0.114. The van der Waals surface area contributed by atoms with E-state index in [1.165, 1.54) is 29.3 Å². The van der Waals surface area contributed by atoms with Gasteiger partial charge in [0.15, 0.2) is 11.5 Å². The van der Waals surface area contributed by atoms with Crippen molar-refractivity contribution in [1.82, 2.24) is 0 Å². The lowest BCUT2D eigenvalue weighted by Crippen LogP contribution is -2.21. The topological polar surface area (TPSA) is 111 Å². The van der Waals surface area contributed by atoms with E-state index >= 15 is 0 Å². The fourth-order valence-corrected chi connectivity index (χ4v) is 4.28. The van der Waals surface area contributed by atoms with Crippen LogP contribution >= 0.6 is 11.6 Å². The summed E-state index contributed by atoms with van der Waals surface area (Å²) in [6, 6.07) is 18.5. The average molecular weight is 526 g/mol. The van der Waals surface area contributed by atoms with Gasteiger partial charge in [-0.05, 0) is 68.0 Å². The minimum Gasteiger partial charge on any atom is -0.490 e. The Kier molecular flexibility index (Phi) is 7.44. The Bertz CT molecular complexity index is 1470. The van der Waals surface area contributed by atoms with E-state index in [0.717, 1.165) is 11.1 Å². The van der Waals surface area contributed by atoms with Gasteiger partial charge in [-0.3, -0.25) is 4.79 Å². The number of nitrogens with zero attached hydrogens (tertiary/aromatic N) is 2. The molecule has 0 aromatic heterocycles. The van der Waals surface area contributed by atoms with Crippen molar-refractivity contribution in [3.05, 3.63) is 88.5 Å². The lowest BCUT2D eigenvalue weighted by atomic mass is 10.1. The van der Waals surface area contributed by atoms with E-state index in [-0.39, 0.29) is 17.4 Å². The van der Waals surface area contributed by atoms with Crippen molar-refractivity contribution in [2.24, 2.45) is 10.2 Å². The van der Waals surface area contributed by atoms with E-state index in [2.05, 4.69) is 5.10 Å². The van der Waals surface area contributed by atoms with Crippen LogP contribution in [0, 0.1) is 0 Å². The maximum atomic E-state index is 13.1. The Balaban J connectivity index is 1.56. The van der Waals surface area contributed by atoms with Crippen molar-refractivity contribution < 1.29 is 22.7 Å². The first-order valence-electron chi connectivity index (χ1n) is 11.0. The summed E-state index contributed by atoms with van der Waals surface area (Å²) < 4.78 is 34.7. The minimum absolute atomic E-state index is 0.0466. The van der Waals surface area contributed by atoms with Crippen LogP contribution in [0.5, 0.6) is 11.5 Å². The third-order valence-electron chi connectivity index (χ3n) is 5.39. The molecule has 0 saturated heterocycles. The molecule has 1 aliphatic rings. The first kappa shape index (κ1) is 25.4. The Morgan fingerprint density at radius 2 is 1.75 bits per heavy atom. The first-order valence-corrected chi connectivity index (χ1v) is 13.0. The van der Waals surface area contributed by atoms with Gasteiger partial charge in [0, 0.05) is 10.6 Å². The van der Waals surface area contributed by atoms with Gasteiger partial charge in [0.1, 0.15) is 6.61 Å². The van der Waals surface area contributed by atoms with Gasteiger partial charge in [-0.25, -0.2) is 13.6 Å². The zero-order valence-electron chi connectivity index (χ0n) is 19.6.